The second-order valence-corrected chi connectivity index (χ2v) is 5.48. The summed E-state index contributed by atoms with van der Waals surface area (Å²) in [6, 6.07) is 1.30. The van der Waals surface area contributed by atoms with Crippen molar-refractivity contribution in [2.45, 2.75) is 37.8 Å². The first kappa shape index (κ1) is 11.2. The fraction of sp³-hybridized carbons (Fsp3) is 0.769. The van der Waals surface area contributed by atoms with Crippen LogP contribution in [-0.4, -0.2) is 33.6 Å². The molecule has 94 valence electrons. The quantitative estimate of drug-likeness (QED) is 0.857. The number of piperidine rings is 1. The van der Waals surface area contributed by atoms with Crippen LogP contribution >= 0.6 is 0 Å². The normalized spacial score (nSPS) is 30.7. The van der Waals surface area contributed by atoms with Crippen molar-refractivity contribution in [3.05, 3.63) is 18.2 Å². The third-order valence-corrected chi connectivity index (χ3v) is 4.27. The summed E-state index contributed by atoms with van der Waals surface area (Å²) in [5.74, 6) is 0.597. The molecular formula is C13H22N4. The maximum Gasteiger partial charge on any atom is 0.0946 e. The highest BCUT2D eigenvalue weighted by molar-refractivity contribution is 5.11. The van der Waals surface area contributed by atoms with Gasteiger partial charge < -0.3 is 10.3 Å². The van der Waals surface area contributed by atoms with E-state index in [9.17, 15) is 0 Å². The number of rotatable bonds is 3. The second-order valence-electron chi connectivity index (χ2n) is 5.48. The minimum Gasteiger partial charge on any atom is -0.336 e. The lowest BCUT2D eigenvalue weighted by molar-refractivity contribution is 0.0830. The number of aryl methyl sites for hydroxylation is 1. The van der Waals surface area contributed by atoms with Gasteiger partial charge in [-0.25, -0.2) is 4.98 Å². The molecule has 2 atom stereocenters. The molecule has 17 heavy (non-hydrogen) atoms. The molecule has 1 aromatic rings. The lowest BCUT2D eigenvalue weighted by Gasteiger charge is -2.41. The van der Waals surface area contributed by atoms with Gasteiger partial charge in [-0.05, 0) is 44.7 Å². The zero-order chi connectivity index (χ0) is 11.8. The third-order valence-electron chi connectivity index (χ3n) is 4.27. The fourth-order valence-electron chi connectivity index (χ4n) is 3.23. The van der Waals surface area contributed by atoms with E-state index in [1.54, 1.807) is 0 Å². The highest BCUT2D eigenvalue weighted by Crippen LogP contribution is 2.42. The number of nitrogens with two attached hydrogens (primary N) is 1. The summed E-state index contributed by atoms with van der Waals surface area (Å²) in [5.41, 5.74) is 7.32. The van der Waals surface area contributed by atoms with E-state index in [1.165, 1.54) is 37.9 Å². The summed E-state index contributed by atoms with van der Waals surface area (Å²) in [7, 11) is 2.09. The lowest BCUT2D eigenvalue weighted by Crippen LogP contribution is -2.43. The van der Waals surface area contributed by atoms with Gasteiger partial charge in [-0.1, -0.05) is 0 Å². The first-order valence-electron chi connectivity index (χ1n) is 6.73. The molecule has 2 heterocycles. The Kier molecular flexibility index (Phi) is 2.92. The SMILES string of the molecule is Cn1cncc1[C@H]1[C@H](CN)CCCN1C1CC1. The van der Waals surface area contributed by atoms with Gasteiger partial charge in [0.05, 0.1) is 18.1 Å². The topological polar surface area (TPSA) is 47.1 Å². The van der Waals surface area contributed by atoms with Crippen LogP contribution in [-0.2, 0) is 7.05 Å². The van der Waals surface area contributed by atoms with Gasteiger partial charge in [0.2, 0.25) is 0 Å². The molecule has 2 fully saturated rings. The summed E-state index contributed by atoms with van der Waals surface area (Å²) in [6.45, 7) is 2.02. The van der Waals surface area contributed by atoms with E-state index in [0.717, 1.165) is 12.6 Å². The van der Waals surface area contributed by atoms with E-state index in [0.29, 0.717) is 12.0 Å². The highest BCUT2D eigenvalue weighted by atomic mass is 15.2. The Morgan fingerprint density at radius 3 is 2.82 bits per heavy atom. The zero-order valence-corrected chi connectivity index (χ0v) is 10.5. The lowest BCUT2D eigenvalue weighted by atomic mass is 9.87. The van der Waals surface area contributed by atoms with Crippen LogP contribution in [0.2, 0.25) is 0 Å². The van der Waals surface area contributed by atoms with Gasteiger partial charge in [0.1, 0.15) is 0 Å². The second kappa shape index (κ2) is 4.42. The number of hydrogen-bond donors (Lipinski definition) is 1. The Morgan fingerprint density at radius 2 is 2.24 bits per heavy atom. The number of imidazole rings is 1. The Labute approximate surface area is 103 Å². The van der Waals surface area contributed by atoms with Crippen LogP contribution in [0.5, 0.6) is 0 Å². The molecule has 1 saturated carbocycles. The number of likely N-dealkylation sites (tertiary alicyclic amines) is 1. The standard InChI is InChI=1S/C13H22N4/c1-16-9-15-8-12(16)13-10(7-14)3-2-6-17(13)11-4-5-11/h8-11,13H,2-7,14H2,1H3/t10-,13+/m0/s1. The van der Waals surface area contributed by atoms with Crippen molar-refractivity contribution in [2.24, 2.45) is 18.7 Å². The molecule has 3 rings (SSSR count). The van der Waals surface area contributed by atoms with Gasteiger partial charge in [-0.2, -0.15) is 0 Å². The highest BCUT2D eigenvalue weighted by Gasteiger charge is 2.40. The van der Waals surface area contributed by atoms with E-state index in [1.807, 2.05) is 12.5 Å². The van der Waals surface area contributed by atoms with E-state index in [-0.39, 0.29) is 0 Å². The molecule has 2 aliphatic rings. The zero-order valence-electron chi connectivity index (χ0n) is 10.5. The Hall–Kier alpha value is -0.870. The first-order chi connectivity index (χ1) is 8.31. The molecule has 1 aromatic heterocycles. The van der Waals surface area contributed by atoms with E-state index < -0.39 is 0 Å². The molecule has 0 unspecified atom stereocenters. The van der Waals surface area contributed by atoms with Crippen molar-refractivity contribution < 1.29 is 0 Å². The molecule has 0 aromatic carbocycles. The van der Waals surface area contributed by atoms with Crippen molar-refractivity contribution in [1.82, 2.24) is 14.5 Å². The summed E-state index contributed by atoms with van der Waals surface area (Å²) < 4.78 is 2.16. The van der Waals surface area contributed by atoms with Crippen molar-refractivity contribution in [3.8, 4) is 0 Å². The van der Waals surface area contributed by atoms with Crippen molar-refractivity contribution in [3.63, 3.8) is 0 Å². The Bertz CT molecular complexity index is 383. The molecule has 1 aliphatic heterocycles. The van der Waals surface area contributed by atoms with Crippen LogP contribution in [0.15, 0.2) is 12.5 Å². The average molecular weight is 234 g/mol. The smallest absolute Gasteiger partial charge is 0.0946 e. The maximum absolute atomic E-state index is 5.98. The van der Waals surface area contributed by atoms with Gasteiger partial charge in [0.25, 0.3) is 0 Å². The maximum atomic E-state index is 5.98. The summed E-state index contributed by atoms with van der Waals surface area (Å²) in [6.07, 6.45) is 9.22. The molecule has 4 nitrogen and oxygen atoms in total. The van der Waals surface area contributed by atoms with Crippen molar-refractivity contribution in [2.75, 3.05) is 13.1 Å². The van der Waals surface area contributed by atoms with Gasteiger partial charge in [0.15, 0.2) is 0 Å². The van der Waals surface area contributed by atoms with Crippen LogP contribution in [0, 0.1) is 5.92 Å². The van der Waals surface area contributed by atoms with Crippen LogP contribution < -0.4 is 5.73 Å². The summed E-state index contributed by atoms with van der Waals surface area (Å²) in [4.78, 5) is 6.95. The Balaban J connectivity index is 1.91. The predicted octanol–water partition coefficient (Wildman–Crippen LogP) is 1.29. The van der Waals surface area contributed by atoms with Crippen molar-refractivity contribution >= 4 is 0 Å². The minimum atomic E-state index is 0.494. The van der Waals surface area contributed by atoms with Crippen LogP contribution in [0.4, 0.5) is 0 Å². The van der Waals surface area contributed by atoms with E-state index in [2.05, 4.69) is 21.5 Å². The number of aromatic nitrogens is 2. The van der Waals surface area contributed by atoms with Gasteiger partial charge in [-0.3, -0.25) is 4.90 Å². The molecule has 0 radical (unpaired) electrons. The van der Waals surface area contributed by atoms with Crippen molar-refractivity contribution in [1.29, 1.82) is 0 Å². The molecule has 1 saturated heterocycles. The average Bonchev–Trinajstić information content (AvgIpc) is 3.11. The van der Waals surface area contributed by atoms with Gasteiger partial charge in [0, 0.05) is 19.3 Å². The largest absolute Gasteiger partial charge is 0.336 e. The monoisotopic (exact) mass is 234 g/mol. The van der Waals surface area contributed by atoms with Crippen LogP contribution in [0.25, 0.3) is 0 Å². The number of nitrogens with zero attached hydrogens (tertiary/aromatic N) is 3. The fourth-order valence-corrected chi connectivity index (χ4v) is 3.23. The molecule has 0 bridgehead atoms. The third kappa shape index (κ3) is 2.00. The molecule has 0 amide bonds. The van der Waals surface area contributed by atoms with Crippen LogP contribution in [0.1, 0.15) is 37.4 Å². The van der Waals surface area contributed by atoms with Gasteiger partial charge in [-0.15, -0.1) is 0 Å². The molecule has 0 spiro atoms. The molecular weight excluding hydrogens is 212 g/mol. The molecule has 4 heteroatoms. The summed E-state index contributed by atoms with van der Waals surface area (Å²) >= 11 is 0. The van der Waals surface area contributed by atoms with Crippen LogP contribution in [0.3, 0.4) is 0 Å². The molecule has 2 N–H and O–H groups in total. The molecule has 1 aliphatic carbocycles. The van der Waals surface area contributed by atoms with E-state index in [4.69, 9.17) is 5.73 Å². The predicted molar refractivity (Wildman–Crippen MR) is 67.5 cm³/mol. The van der Waals surface area contributed by atoms with Gasteiger partial charge >= 0.3 is 0 Å². The van der Waals surface area contributed by atoms with E-state index >= 15 is 0 Å². The summed E-state index contributed by atoms with van der Waals surface area (Å²) in [5, 5.41) is 0. The minimum absolute atomic E-state index is 0.494. The first-order valence-corrected chi connectivity index (χ1v) is 6.73. The Morgan fingerprint density at radius 1 is 1.41 bits per heavy atom. The number of hydrogen-bond acceptors (Lipinski definition) is 3.